The first-order chi connectivity index (χ1) is 16.8. The van der Waals surface area contributed by atoms with Gasteiger partial charge in [-0.3, -0.25) is 9.59 Å². The summed E-state index contributed by atoms with van der Waals surface area (Å²) < 4.78 is 12.1. The third-order valence-corrected chi connectivity index (χ3v) is 6.16. The van der Waals surface area contributed by atoms with Crippen molar-refractivity contribution in [1.29, 1.82) is 0 Å². The predicted molar refractivity (Wildman–Crippen MR) is 147 cm³/mol. The summed E-state index contributed by atoms with van der Waals surface area (Å²) in [6.45, 7) is 1.97. The lowest BCUT2D eigenvalue weighted by molar-refractivity contribution is -0.118. The number of halogens is 4. The summed E-state index contributed by atoms with van der Waals surface area (Å²) in [6.07, 6.45) is 1.49. The van der Waals surface area contributed by atoms with Gasteiger partial charge < -0.3 is 14.8 Å². The highest BCUT2D eigenvalue weighted by atomic mass is 127. The normalized spacial score (nSPS) is 10.8. The van der Waals surface area contributed by atoms with Crippen LogP contribution in [-0.2, 0) is 4.79 Å². The largest absolute Gasteiger partial charge is 0.490 e. The van der Waals surface area contributed by atoms with Gasteiger partial charge in [0, 0.05) is 16.3 Å². The van der Waals surface area contributed by atoms with E-state index in [1.54, 1.807) is 54.6 Å². The van der Waals surface area contributed by atoms with Gasteiger partial charge in [0.1, 0.15) is 0 Å². The van der Waals surface area contributed by atoms with Crippen molar-refractivity contribution >= 4 is 81.1 Å². The van der Waals surface area contributed by atoms with Gasteiger partial charge in [0.25, 0.3) is 11.8 Å². The number of carbonyl (C=O) groups excluding carboxylic acids is 2. The highest BCUT2D eigenvalue weighted by Gasteiger charge is 2.14. The summed E-state index contributed by atoms with van der Waals surface area (Å²) in [6, 6.07) is 14.7. The molecule has 11 heteroatoms. The van der Waals surface area contributed by atoms with Crippen molar-refractivity contribution in [3.8, 4) is 11.5 Å². The van der Waals surface area contributed by atoms with Gasteiger partial charge in [0.2, 0.25) is 0 Å². The zero-order chi connectivity index (χ0) is 25.4. The molecule has 0 aliphatic rings. The van der Waals surface area contributed by atoms with E-state index in [-0.39, 0.29) is 18.4 Å². The number of nitrogens with one attached hydrogen (secondary N) is 2. The quantitative estimate of drug-likeness (QED) is 0.159. The number of nitrogens with zero attached hydrogens (tertiary/aromatic N) is 1. The van der Waals surface area contributed by atoms with Crippen LogP contribution in [0.4, 0.5) is 5.69 Å². The molecular formula is C24H19Cl3IN3O4. The fourth-order valence-electron chi connectivity index (χ4n) is 2.81. The Morgan fingerprint density at radius 3 is 2.43 bits per heavy atom. The third-order valence-electron chi connectivity index (χ3n) is 4.37. The molecule has 3 aromatic carbocycles. The zero-order valence-electron chi connectivity index (χ0n) is 18.3. The van der Waals surface area contributed by atoms with Crippen LogP contribution in [-0.4, -0.2) is 31.2 Å². The summed E-state index contributed by atoms with van der Waals surface area (Å²) in [5, 5.41) is 7.97. The molecular weight excluding hydrogens is 628 g/mol. The Kier molecular flexibility index (Phi) is 10.0. The van der Waals surface area contributed by atoms with E-state index in [0.717, 1.165) is 0 Å². The van der Waals surface area contributed by atoms with Crippen LogP contribution >= 0.6 is 57.4 Å². The molecule has 182 valence electrons. The van der Waals surface area contributed by atoms with Crippen molar-refractivity contribution in [2.24, 2.45) is 5.10 Å². The van der Waals surface area contributed by atoms with E-state index >= 15 is 0 Å². The van der Waals surface area contributed by atoms with Crippen molar-refractivity contribution in [1.82, 2.24) is 5.43 Å². The maximum Gasteiger partial charge on any atom is 0.271 e. The lowest BCUT2D eigenvalue weighted by Gasteiger charge is -2.14. The van der Waals surface area contributed by atoms with E-state index in [9.17, 15) is 9.59 Å². The number of amides is 2. The minimum Gasteiger partial charge on any atom is -0.490 e. The lowest BCUT2D eigenvalue weighted by atomic mass is 10.2. The van der Waals surface area contributed by atoms with Crippen LogP contribution in [0.15, 0.2) is 59.7 Å². The second-order valence-corrected chi connectivity index (χ2v) is 9.35. The van der Waals surface area contributed by atoms with Gasteiger partial charge in [-0.2, -0.15) is 5.10 Å². The molecule has 0 aliphatic carbocycles. The molecule has 0 bridgehead atoms. The second-order valence-electron chi connectivity index (χ2n) is 6.93. The van der Waals surface area contributed by atoms with Crippen LogP contribution in [0.1, 0.15) is 22.8 Å². The minimum atomic E-state index is -0.378. The van der Waals surface area contributed by atoms with Gasteiger partial charge in [-0.15, -0.1) is 0 Å². The number of carbonyl (C=O) groups is 2. The molecule has 0 radical (unpaired) electrons. The monoisotopic (exact) mass is 645 g/mol. The topological polar surface area (TPSA) is 89.0 Å². The van der Waals surface area contributed by atoms with E-state index in [1.807, 2.05) is 6.92 Å². The molecule has 35 heavy (non-hydrogen) atoms. The Bertz CT molecular complexity index is 1250. The van der Waals surface area contributed by atoms with E-state index in [1.165, 1.54) is 6.21 Å². The van der Waals surface area contributed by atoms with Crippen molar-refractivity contribution in [2.75, 3.05) is 18.5 Å². The molecule has 3 rings (SSSR count). The summed E-state index contributed by atoms with van der Waals surface area (Å²) in [7, 11) is 0. The maximum atomic E-state index is 12.3. The Morgan fingerprint density at radius 2 is 1.74 bits per heavy atom. The first-order valence-corrected chi connectivity index (χ1v) is 12.4. The number of anilines is 1. The Morgan fingerprint density at radius 1 is 1.00 bits per heavy atom. The number of benzene rings is 3. The number of hydrazone groups is 1. The summed E-state index contributed by atoms with van der Waals surface area (Å²) in [5.74, 6) is 0.106. The van der Waals surface area contributed by atoms with E-state index in [0.29, 0.717) is 53.6 Å². The minimum absolute atomic E-state index is 0.249. The van der Waals surface area contributed by atoms with Crippen molar-refractivity contribution in [3.63, 3.8) is 0 Å². The zero-order valence-corrected chi connectivity index (χ0v) is 22.7. The van der Waals surface area contributed by atoms with Crippen LogP contribution in [0.3, 0.4) is 0 Å². The second kappa shape index (κ2) is 13.0. The number of rotatable bonds is 9. The summed E-state index contributed by atoms with van der Waals surface area (Å²) in [4.78, 5) is 24.5. The van der Waals surface area contributed by atoms with Crippen LogP contribution < -0.4 is 20.2 Å². The van der Waals surface area contributed by atoms with E-state index in [4.69, 9.17) is 44.3 Å². The van der Waals surface area contributed by atoms with Gasteiger partial charge in [-0.05, 0) is 89.7 Å². The molecule has 7 nitrogen and oxygen atoms in total. The van der Waals surface area contributed by atoms with Crippen molar-refractivity contribution in [2.45, 2.75) is 6.92 Å². The first kappa shape index (κ1) is 27.1. The highest BCUT2D eigenvalue weighted by molar-refractivity contribution is 14.1. The number of hydrogen-bond donors (Lipinski definition) is 2. The average molecular weight is 647 g/mol. The molecule has 0 spiro atoms. The fourth-order valence-corrected chi connectivity index (χ4v) is 4.01. The summed E-state index contributed by atoms with van der Waals surface area (Å²) >= 11 is 19.8. The van der Waals surface area contributed by atoms with E-state index in [2.05, 4.69) is 38.4 Å². The molecule has 0 heterocycles. The molecule has 2 amide bonds. The fraction of sp³-hybridized carbons (Fsp3) is 0.125. The van der Waals surface area contributed by atoms with Gasteiger partial charge in [0.05, 0.1) is 26.4 Å². The smallest absolute Gasteiger partial charge is 0.271 e. The standard InChI is InChI=1S/C24H19Cl3IN3O4/c1-2-34-21-10-14(12-29-31-24(33)15-3-5-16(25)6-4-15)9-20(28)23(21)35-13-22(32)30-17-7-8-18(26)19(27)11-17/h3-12H,2,13H2,1H3,(H,30,32)(H,31,33)/b29-12+. The highest BCUT2D eigenvalue weighted by Crippen LogP contribution is 2.34. The van der Waals surface area contributed by atoms with Gasteiger partial charge in [0.15, 0.2) is 18.1 Å². The molecule has 0 aromatic heterocycles. The molecule has 3 aromatic rings. The maximum absolute atomic E-state index is 12.3. The molecule has 0 saturated heterocycles. The molecule has 0 unspecified atom stereocenters. The van der Waals surface area contributed by atoms with Gasteiger partial charge in [-0.1, -0.05) is 34.8 Å². The van der Waals surface area contributed by atoms with Gasteiger partial charge in [-0.25, -0.2) is 5.43 Å². The van der Waals surface area contributed by atoms with Crippen molar-refractivity contribution < 1.29 is 19.1 Å². The third kappa shape index (κ3) is 7.99. The molecule has 0 fully saturated rings. The van der Waals surface area contributed by atoms with Crippen molar-refractivity contribution in [3.05, 3.63) is 84.4 Å². The van der Waals surface area contributed by atoms with Crippen LogP contribution in [0, 0.1) is 3.57 Å². The lowest BCUT2D eigenvalue weighted by Crippen LogP contribution is -2.20. The average Bonchev–Trinajstić information content (AvgIpc) is 2.81. The Labute approximate surface area is 230 Å². The van der Waals surface area contributed by atoms with Crippen LogP contribution in [0.2, 0.25) is 15.1 Å². The van der Waals surface area contributed by atoms with Gasteiger partial charge >= 0.3 is 0 Å². The molecule has 0 aliphatic heterocycles. The van der Waals surface area contributed by atoms with E-state index < -0.39 is 0 Å². The Hall–Kier alpha value is -2.53. The van der Waals surface area contributed by atoms with Crippen LogP contribution in [0.5, 0.6) is 11.5 Å². The Balaban J connectivity index is 1.65. The predicted octanol–water partition coefficient (Wildman–Crippen LogP) is 6.43. The SMILES string of the molecule is CCOc1cc(/C=N/NC(=O)c2ccc(Cl)cc2)cc(I)c1OCC(=O)Nc1ccc(Cl)c(Cl)c1. The number of ether oxygens (including phenoxy) is 2. The molecule has 2 N–H and O–H groups in total. The molecule has 0 saturated carbocycles. The number of hydrogen-bond acceptors (Lipinski definition) is 5. The summed E-state index contributed by atoms with van der Waals surface area (Å²) in [5.41, 5.74) is 4.06. The molecule has 0 atom stereocenters. The van der Waals surface area contributed by atoms with Crippen LogP contribution in [0.25, 0.3) is 0 Å². The first-order valence-electron chi connectivity index (χ1n) is 10.2.